The lowest BCUT2D eigenvalue weighted by molar-refractivity contribution is 0.332. The molecule has 0 radical (unpaired) electrons. The van der Waals surface area contributed by atoms with Crippen LogP contribution >= 0.6 is 0 Å². The van der Waals surface area contributed by atoms with E-state index in [-0.39, 0.29) is 37.9 Å². The summed E-state index contributed by atoms with van der Waals surface area (Å²) in [7, 11) is 0. The van der Waals surface area contributed by atoms with Crippen molar-refractivity contribution in [2.75, 3.05) is 9.80 Å². The monoisotopic (exact) mass is 903 g/mol. The number of nitrogens with zero attached hydrogens (tertiary/aromatic N) is 2. The van der Waals surface area contributed by atoms with Crippen LogP contribution in [0.15, 0.2) is 109 Å². The number of benzene rings is 6. The second-order valence-corrected chi connectivity index (χ2v) is 26.2. The highest BCUT2D eigenvalue weighted by atomic mass is 15.2. The van der Waals surface area contributed by atoms with E-state index in [2.05, 4.69) is 244 Å². The second-order valence-electron chi connectivity index (χ2n) is 26.2. The Morgan fingerprint density at radius 2 is 0.794 bits per heavy atom. The first kappa shape index (κ1) is 48.0. The first-order valence-corrected chi connectivity index (χ1v) is 25.9. The van der Waals surface area contributed by atoms with E-state index in [0.29, 0.717) is 0 Å². The Morgan fingerprint density at radius 3 is 1.28 bits per heavy atom. The molecule has 68 heavy (non-hydrogen) atoms. The van der Waals surface area contributed by atoms with Gasteiger partial charge in [-0.1, -0.05) is 158 Å². The maximum Gasteiger partial charge on any atom is 0.0514 e. The molecular weight excluding hydrogens is 821 g/mol. The van der Waals surface area contributed by atoms with E-state index < -0.39 is 0 Å². The Bertz CT molecular complexity index is 2950. The van der Waals surface area contributed by atoms with Gasteiger partial charge in [-0.15, -0.1) is 0 Å². The Balaban J connectivity index is 1.34. The molecule has 0 atom stereocenters. The standard InChI is InChI=1S/C66H82N2/c1-42-34-58(67(48-26-28-50-53(38-48)62(9,10)32-30-60(50,5)6)56-37-47(25-24-43(56)2)66(17,18)46-22-20-19-21-23-46)45(4)59(35-42)68(49-27-29-51-54(39-49)63(11,12)33-31-61(51,7)8)57-40-55-52(36-44(57)3)64(13,14)41-65(55,15)16/h19-29,34-40H,30-33,41H2,1-18H3. The van der Waals surface area contributed by atoms with Crippen LogP contribution in [-0.4, -0.2) is 0 Å². The molecule has 2 nitrogen and oxygen atoms in total. The third kappa shape index (κ3) is 7.95. The lowest BCUT2D eigenvalue weighted by Crippen LogP contribution is -2.34. The van der Waals surface area contributed by atoms with Gasteiger partial charge in [-0.2, -0.15) is 0 Å². The average Bonchev–Trinajstić information content (AvgIpc) is 3.45. The van der Waals surface area contributed by atoms with Crippen molar-refractivity contribution >= 4 is 34.1 Å². The predicted octanol–water partition coefficient (Wildman–Crippen LogP) is 18.8. The Labute approximate surface area is 412 Å². The van der Waals surface area contributed by atoms with Gasteiger partial charge in [-0.05, 0) is 208 Å². The minimum atomic E-state index is -0.205. The van der Waals surface area contributed by atoms with E-state index in [1.165, 1.54) is 127 Å². The predicted molar refractivity (Wildman–Crippen MR) is 295 cm³/mol. The van der Waals surface area contributed by atoms with E-state index in [4.69, 9.17) is 0 Å². The van der Waals surface area contributed by atoms with Gasteiger partial charge in [0.25, 0.3) is 0 Å². The van der Waals surface area contributed by atoms with Crippen molar-refractivity contribution in [3.8, 4) is 0 Å². The minimum absolute atomic E-state index is 0.0588. The third-order valence-corrected chi connectivity index (χ3v) is 17.8. The summed E-state index contributed by atoms with van der Waals surface area (Å²) < 4.78 is 0. The van der Waals surface area contributed by atoms with E-state index in [1.54, 1.807) is 0 Å². The summed E-state index contributed by atoms with van der Waals surface area (Å²) >= 11 is 0. The third-order valence-electron chi connectivity index (χ3n) is 17.8. The summed E-state index contributed by atoms with van der Waals surface area (Å²) in [5, 5.41) is 0. The molecule has 0 spiro atoms. The number of hydrogen-bond acceptors (Lipinski definition) is 2. The summed E-state index contributed by atoms with van der Waals surface area (Å²) in [5.41, 5.74) is 24.3. The molecule has 6 aromatic carbocycles. The molecule has 356 valence electrons. The number of anilines is 6. The van der Waals surface area contributed by atoms with Gasteiger partial charge in [-0.3, -0.25) is 0 Å². The van der Waals surface area contributed by atoms with E-state index in [0.717, 1.165) is 6.42 Å². The van der Waals surface area contributed by atoms with Crippen molar-refractivity contribution in [2.45, 2.75) is 195 Å². The maximum absolute atomic E-state index is 2.65. The quantitative estimate of drug-likeness (QED) is 0.150. The number of rotatable bonds is 8. The molecule has 0 bridgehead atoms. The SMILES string of the molecule is Cc1cc(N(c2ccc3c(c2)C(C)(C)CCC3(C)C)c2cc(C(C)(C)c3ccccc3)ccc2C)c(C)c(N(c2ccc3c(c2)C(C)(C)CCC3(C)C)c2cc3c(cc2C)C(C)(C)CC3(C)C)c1. The molecule has 0 amide bonds. The van der Waals surface area contributed by atoms with Crippen LogP contribution in [0, 0.1) is 27.7 Å². The summed E-state index contributed by atoms with van der Waals surface area (Å²) in [4.78, 5) is 5.28. The zero-order chi connectivity index (χ0) is 49.3. The van der Waals surface area contributed by atoms with Crippen LogP contribution in [0.25, 0.3) is 0 Å². The normalized spacial score (nSPS) is 19.1. The van der Waals surface area contributed by atoms with Crippen LogP contribution in [0.1, 0.15) is 196 Å². The van der Waals surface area contributed by atoms with Crippen molar-refractivity contribution in [3.63, 3.8) is 0 Å². The Kier molecular flexibility index (Phi) is 11.3. The van der Waals surface area contributed by atoms with Gasteiger partial charge in [0.1, 0.15) is 0 Å². The van der Waals surface area contributed by atoms with Gasteiger partial charge in [0.2, 0.25) is 0 Å². The number of fused-ring (bicyclic) bond motifs is 3. The highest BCUT2D eigenvalue weighted by Crippen LogP contribution is 2.55. The molecule has 0 fully saturated rings. The molecule has 0 saturated heterocycles. The largest absolute Gasteiger partial charge is 0.310 e. The highest BCUT2D eigenvalue weighted by molar-refractivity contribution is 5.89. The molecule has 2 heteroatoms. The van der Waals surface area contributed by atoms with Crippen molar-refractivity contribution in [2.24, 2.45) is 0 Å². The zero-order valence-corrected chi connectivity index (χ0v) is 45.3. The van der Waals surface area contributed by atoms with E-state index in [9.17, 15) is 0 Å². The van der Waals surface area contributed by atoms with Crippen molar-refractivity contribution in [1.29, 1.82) is 0 Å². The molecular formula is C66H82N2. The van der Waals surface area contributed by atoms with E-state index >= 15 is 0 Å². The number of hydrogen-bond donors (Lipinski definition) is 0. The summed E-state index contributed by atoms with van der Waals surface area (Å²) in [5.74, 6) is 0. The lowest BCUT2D eigenvalue weighted by atomic mass is 9.63. The zero-order valence-electron chi connectivity index (χ0n) is 45.3. The summed E-state index contributed by atoms with van der Waals surface area (Å²) in [6.45, 7) is 43.5. The maximum atomic E-state index is 2.65. The van der Waals surface area contributed by atoms with Gasteiger partial charge in [0.05, 0.1) is 11.4 Å². The molecule has 0 aromatic heterocycles. The first-order chi connectivity index (χ1) is 31.6. The minimum Gasteiger partial charge on any atom is -0.310 e. The van der Waals surface area contributed by atoms with Gasteiger partial charge in [-0.25, -0.2) is 0 Å². The fourth-order valence-corrected chi connectivity index (χ4v) is 13.1. The molecule has 9 rings (SSSR count). The molecule has 0 N–H and O–H groups in total. The van der Waals surface area contributed by atoms with Crippen LogP contribution in [-0.2, 0) is 37.9 Å². The smallest absolute Gasteiger partial charge is 0.0514 e. The van der Waals surface area contributed by atoms with Crippen molar-refractivity contribution in [1.82, 2.24) is 0 Å². The lowest BCUT2D eigenvalue weighted by Gasteiger charge is -2.43. The first-order valence-electron chi connectivity index (χ1n) is 25.9. The average molecular weight is 903 g/mol. The molecule has 0 aliphatic heterocycles. The van der Waals surface area contributed by atoms with Crippen molar-refractivity contribution in [3.05, 3.63) is 176 Å². The van der Waals surface area contributed by atoms with Crippen LogP contribution in [0.4, 0.5) is 34.1 Å². The summed E-state index contributed by atoms with van der Waals surface area (Å²) in [6.07, 6.45) is 5.87. The van der Waals surface area contributed by atoms with Crippen LogP contribution < -0.4 is 9.80 Å². The fourth-order valence-electron chi connectivity index (χ4n) is 13.1. The molecule has 3 aliphatic rings. The molecule has 0 unspecified atom stereocenters. The fraction of sp³-hybridized carbons (Fsp3) is 0.455. The van der Waals surface area contributed by atoms with Crippen LogP contribution in [0.5, 0.6) is 0 Å². The number of aryl methyl sites for hydroxylation is 3. The van der Waals surface area contributed by atoms with Gasteiger partial charge >= 0.3 is 0 Å². The van der Waals surface area contributed by atoms with Gasteiger partial charge < -0.3 is 9.80 Å². The molecule has 0 saturated carbocycles. The van der Waals surface area contributed by atoms with Gasteiger partial charge in [0, 0.05) is 28.2 Å². The Hall–Kier alpha value is -5.08. The van der Waals surface area contributed by atoms with Crippen LogP contribution in [0.2, 0.25) is 0 Å². The highest BCUT2D eigenvalue weighted by Gasteiger charge is 2.44. The van der Waals surface area contributed by atoms with E-state index in [1.807, 2.05) is 0 Å². The Morgan fingerprint density at radius 1 is 0.368 bits per heavy atom. The topological polar surface area (TPSA) is 6.48 Å². The molecule has 6 aromatic rings. The summed E-state index contributed by atoms with van der Waals surface area (Å²) in [6, 6.07) is 43.2. The second kappa shape index (κ2) is 16.0. The van der Waals surface area contributed by atoms with Crippen LogP contribution in [0.3, 0.4) is 0 Å². The molecule has 3 aliphatic carbocycles. The van der Waals surface area contributed by atoms with Crippen molar-refractivity contribution < 1.29 is 0 Å². The van der Waals surface area contributed by atoms with Gasteiger partial charge in [0.15, 0.2) is 0 Å². The molecule has 0 heterocycles.